The Hall–Kier alpha value is -2.18. The van der Waals surface area contributed by atoms with Gasteiger partial charge in [-0.15, -0.1) is 0 Å². The zero-order valence-corrected chi connectivity index (χ0v) is 12.2. The summed E-state index contributed by atoms with van der Waals surface area (Å²) in [5.41, 5.74) is 0.538. The Labute approximate surface area is 128 Å². The molecule has 1 aromatic heterocycles. The normalized spacial score (nSPS) is 21.7. The summed E-state index contributed by atoms with van der Waals surface area (Å²) in [6.45, 7) is 2.43. The van der Waals surface area contributed by atoms with Crippen LogP contribution in [0.4, 0.5) is 5.69 Å². The molecule has 1 aliphatic rings. The van der Waals surface area contributed by atoms with Crippen LogP contribution >= 0.6 is 0 Å². The fraction of sp³-hybridized carbons (Fsp3) is 0.375. The minimum absolute atomic E-state index is 0.0455. The SMILES string of the molecule is O=[N+]([O-])c1ccccc1-c1ccc(C[NH+]2CCC[C@@H](O)C2)o1. The number of rotatable bonds is 4. The number of nitrogens with one attached hydrogen (secondary N) is 1. The zero-order valence-electron chi connectivity index (χ0n) is 12.2. The molecule has 0 saturated carbocycles. The number of nitro benzene ring substituents is 1. The van der Waals surface area contributed by atoms with Gasteiger partial charge >= 0.3 is 0 Å². The highest BCUT2D eigenvalue weighted by Crippen LogP contribution is 2.30. The summed E-state index contributed by atoms with van der Waals surface area (Å²) in [7, 11) is 0. The van der Waals surface area contributed by atoms with Crippen LogP contribution in [-0.4, -0.2) is 29.2 Å². The van der Waals surface area contributed by atoms with Crippen molar-refractivity contribution in [3.8, 4) is 11.3 Å². The first-order valence-electron chi connectivity index (χ1n) is 7.47. The average Bonchev–Trinajstić information content (AvgIpc) is 2.95. The topological polar surface area (TPSA) is 81.0 Å². The predicted octanol–water partition coefficient (Wildman–Crippen LogP) is 1.39. The highest BCUT2D eigenvalue weighted by atomic mass is 16.6. The number of furan rings is 1. The van der Waals surface area contributed by atoms with Gasteiger partial charge < -0.3 is 14.4 Å². The fourth-order valence-corrected chi connectivity index (χ4v) is 2.99. The Morgan fingerprint density at radius 3 is 2.91 bits per heavy atom. The summed E-state index contributed by atoms with van der Waals surface area (Å²) >= 11 is 0. The number of hydrogen-bond acceptors (Lipinski definition) is 4. The van der Waals surface area contributed by atoms with E-state index < -0.39 is 4.92 Å². The van der Waals surface area contributed by atoms with E-state index in [0.717, 1.165) is 31.7 Å². The molecule has 0 aliphatic carbocycles. The Morgan fingerprint density at radius 2 is 2.14 bits per heavy atom. The Kier molecular flexibility index (Phi) is 4.22. The van der Waals surface area contributed by atoms with Crippen LogP contribution in [0.5, 0.6) is 0 Å². The smallest absolute Gasteiger partial charge is 0.280 e. The molecule has 2 N–H and O–H groups in total. The summed E-state index contributed by atoms with van der Waals surface area (Å²) in [6, 6.07) is 10.2. The summed E-state index contributed by atoms with van der Waals surface area (Å²) in [4.78, 5) is 12.0. The minimum Gasteiger partial charge on any atom is -0.455 e. The average molecular weight is 303 g/mol. The first-order chi connectivity index (χ1) is 10.6. The lowest BCUT2D eigenvalue weighted by Gasteiger charge is -2.26. The first kappa shape index (κ1) is 14.7. The van der Waals surface area contributed by atoms with Crippen LogP contribution in [0.25, 0.3) is 11.3 Å². The van der Waals surface area contributed by atoms with E-state index in [1.54, 1.807) is 24.3 Å². The quantitative estimate of drug-likeness (QED) is 0.661. The van der Waals surface area contributed by atoms with Gasteiger partial charge in [0.15, 0.2) is 5.76 Å². The molecule has 2 atom stereocenters. The van der Waals surface area contributed by atoms with Crippen LogP contribution in [-0.2, 0) is 6.54 Å². The van der Waals surface area contributed by atoms with Crippen LogP contribution in [0.3, 0.4) is 0 Å². The molecule has 6 heteroatoms. The number of nitro groups is 1. The van der Waals surface area contributed by atoms with Crippen LogP contribution in [0.15, 0.2) is 40.8 Å². The Balaban J connectivity index is 1.78. The maximum Gasteiger partial charge on any atom is 0.280 e. The van der Waals surface area contributed by atoms with Crippen molar-refractivity contribution in [1.82, 2.24) is 0 Å². The fourth-order valence-electron chi connectivity index (χ4n) is 2.99. The molecule has 6 nitrogen and oxygen atoms in total. The molecule has 0 bridgehead atoms. The molecule has 1 aliphatic heterocycles. The van der Waals surface area contributed by atoms with Gasteiger partial charge in [-0.05, 0) is 31.0 Å². The second-order valence-electron chi connectivity index (χ2n) is 5.72. The van der Waals surface area contributed by atoms with Gasteiger partial charge in [-0.25, -0.2) is 0 Å². The molecule has 0 amide bonds. The second kappa shape index (κ2) is 6.29. The van der Waals surface area contributed by atoms with Gasteiger partial charge in [-0.3, -0.25) is 10.1 Å². The molecule has 1 unspecified atom stereocenters. The highest BCUT2D eigenvalue weighted by Gasteiger charge is 2.23. The number of quaternary nitrogens is 1. The molecule has 0 radical (unpaired) electrons. The van der Waals surface area contributed by atoms with Gasteiger partial charge in [-0.2, -0.15) is 0 Å². The van der Waals surface area contributed by atoms with E-state index in [9.17, 15) is 15.2 Å². The van der Waals surface area contributed by atoms with E-state index in [-0.39, 0.29) is 11.8 Å². The lowest BCUT2D eigenvalue weighted by molar-refractivity contribution is -0.922. The molecular weight excluding hydrogens is 284 g/mol. The summed E-state index contributed by atoms with van der Waals surface area (Å²) in [5.74, 6) is 1.30. The third kappa shape index (κ3) is 3.18. The Bertz CT molecular complexity index is 668. The molecule has 116 valence electrons. The van der Waals surface area contributed by atoms with Crippen molar-refractivity contribution < 1.29 is 19.3 Å². The lowest BCUT2D eigenvalue weighted by Crippen LogP contribution is -3.12. The van der Waals surface area contributed by atoms with Crippen molar-refractivity contribution in [2.24, 2.45) is 0 Å². The lowest BCUT2D eigenvalue weighted by atomic mass is 10.1. The van der Waals surface area contributed by atoms with E-state index in [1.165, 1.54) is 11.0 Å². The summed E-state index contributed by atoms with van der Waals surface area (Å²) < 4.78 is 5.79. The molecule has 1 saturated heterocycles. The summed E-state index contributed by atoms with van der Waals surface area (Å²) in [5, 5.41) is 20.8. The number of nitrogens with zero attached hydrogens (tertiary/aromatic N) is 1. The van der Waals surface area contributed by atoms with E-state index in [2.05, 4.69) is 0 Å². The number of likely N-dealkylation sites (tertiary alicyclic amines) is 1. The minimum atomic E-state index is -0.399. The van der Waals surface area contributed by atoms with Gasteiger partial charge in [0, 0.05) is 6.07 Å². The van der Waals surface area contributed by atoms with E-state index >= 15 is 0 Å². The molecule has 2 heterocycles. The molecule has 1 aromatic carbocycles. The maximum absolute atomic E-state index is 11.1. The number of benzene rings is 1. The van der Waals surface area contributed by atoms with Gasteiger partial charge in [0.05, 0.1) is 17.0 Å². The third-order valence-corrected chi connectivity index (χ3v) is 4.04. The van der Waals surface area contributed by atoms with Gasteiger partial charge in [-0.1, -0.05) is 12.1 Å². The van der Waals surface area contributed by atoms with Gasteiger partial charge in [0.2, 0.25) is 0 Å². The van der Waals surface area contributed by atoms with Crippen molar-refractivity contribution in [1.29, 1.82) is 0 Å². The second-order valence-corrected chi connectivity index (χ2v) is 5.72. The summed E-state index contributed by atoms with van der Waals surface area (Å²) in [6.07, 6.45) is 1.63. The molecular formula is C16H19N2O4+. The number of para-hydroxylation sites is 1. The first-order valence-corrected chi connectivity index (χ1v) is 7.47. The molecule has 2 aromatic rings. The van der Waals surface area contributed by atoms with Crippen molar-refractivity contribution in [3.05, 3.63) is 52.3 Å². The van der Waals surface area contributed by atoms with Crippen LogP contribution in [0, 0.1) is 10.1 Å². The number of aliphatic hydroxyl groups is 1. The molecule has 3 rings (SSSR count). The highest BCUT2D eigenvalue weighted by molar-refractivity contribution is 5.69. The van der Waals surface area contributed by atoms with Crippen molar-refractivity contribution in [2.45, 2.75) is 25.5 Å². The van der Waals surface area contributed by atoms with Crippen LogP contribution in [0.2, 0.25) is 0 Å². The zero-order chi connectivity index (χ0) is 15.5. The molecule has 0 spiro atoms. The van der Waals surface area contributed by atoms with Crippen molar-refractivity contribution >= 4 is 5.69 Å². The van der Waals surface area contributed by atoms with E-state index in [1.807, 2.05) is 6.07 Å². The van der Waals surface area contributed by atoms with E-state index in [0.29, 0.717) is 17.9 Å². The monoisotopic (exact) mass is 303 g/mol. The predicted molar refractivity (Wildman–Crippen MR) is 80.4 cm³/mol. The maximum atomic E-state index is 11.1. The van der Waals surface area contributed by atoms with Gasteiger partial charge in [0.25, 0.3) is 5.69 Å². The van der Waals surface area contributed by atoms with Crippen molar-refractivity contribution in [2.75, 3.05) is 13.1 Å². The van der Waals surface area contributed by atoms with Gasteiger partial charge in [0.1, 0.15) is 25.0 Å². The third-order valence-electron chi connectivity index (χ3n) is 4.04. The van der Waals surface area contributed by atoms with Crippen LogP contribution < -0.4 is 4.90 Å². The number of aliphatic hydroxyl groups excluding tert-OH is 1. The van der Waals surface area contributed by atoms with Crippen molar-refractivity contribution in [3.63, 3.8) is 0 Å². The number of hydrogen-bond donors (Lipinski definition) is 2. The molecule has 22 heavy (non-hydrogen) atoms. The largest absolute Gasteiger partial charge is 0.455 e. The standard InChI is InChI=1S/C16H18N2O4/c19-12-4-3-9-17(10-12)11-13-7-8-16(22-13)14-5-1-2-6-15(14)18(20)21/h1-2,5-8,12,19H,3-4,9-11H2/p+1/t12-/m1/s1. The van der Waals surface area contributed by atoms with E-state index in [4.69, 9.17) is 4.42 Å². The Morgan fingerprint density at radius 1 is 1.32 bits per heavy atom. The number of piperidine rings is 1. The molecule has 1 fully saturated rings. The van der Waals surface area contributed by atoms with Crippen LogP contribution in [0.1, 0.15) is 18.6 Å².